The Balaban J connectivity index is 0.00000288. The van der Waals surface area contributed by atoms with Gasteiger partial charge in [0.1, 0.15) is 5.76 Å². The van der Waals surface area contributed by atoms with Gasteiger partial charge in [0.05, 0.1) is 26.0 Å². The number of furan rings is 1. The number of aliphatic imine (C=N–C) groups is 1. The first-order valence-corrected chi connectivity index (χ1v) is 7.94. The van der Waals surface area contributed by atoms with Crippen molar-refractivity contribution < 1.29 is 9.15 Å². The molecule has 0 atom stereocenters. The van der Waals surface area contributed by atoms with Gasteiger partial charge in [-0.3, -0.25) is 0 Å². The van der Waals surface area contributed by atoms with E-state index in [0.29, 0.717) is 25.6 Å². The Kier molecular flexibility index (Phi) is 9.90. The van der Waals surface area contributed by atoms with Crippen molar-refractivity contribution in [2.45, 2.75) is 33.4 Å². The Hall–Kier alpha value is -1.77. The number of halogens is 1. The van der Waals surface area contributed by atoms with Gasteiger partial charge in [-0.05, 0) is 31.0 Å². The molecule has 24 heavy (non-hydrogen) atoms. The molecular weight excluding hydrogens is 419 g/mol. The van der Waals surface area contributed by atoms with Gasteiger partial charge in [0.2, 0.25) is 5.88 Å². The first kappa shape index (κ1) is 20.3. The Labute approximate surface area is 160 Å². The smallest absolute Gasteiger partial charge is 0.213 e. The van der Waals surface area contributed by atoms with E-state index in [1.165, 1.54) is 0 Å². The van der Waals surface area contributed by atoms with Crippen molar-refractivity contribution in [1.29, 1.82) is 0 Å². The standard InChI is InChI=1S/C17H24N4O2.HI/c1-3-9-23-16-8-7-14(11-19-16)12-20-17(18-4-2)21-13-15-6-5-10-22-15;/h5-8,10-11H,3-4,9,12-13H2,1-2H3,(H2,18,20,21);1H. The first-order chi connectivity index (χ1) is 11.3. The second-order valence-electron chi connectivity index (χ2n) is 4.98. The minimum atomic E-state index is 0. The number of nitrogens with zero attached hydrogens (tertiary/aromatic N) is 2. The molecule has 2 N–H and O–H groups in total. The zero-order chi connectivity index (χ0) is 16.3. The van der Waals surface area contributed by atoms with Gasteiger partial charge in [-0.2, -0.15) is 0 Å². The van der Waals surface area contributed by atoms with Gasteiger partial charge in [0.15, 0.2) is 5.96 Å². The third-order valence-electron chi connectivity index (χ3n) is 3.03. The summed E-state index contributed by atoms with van der Waals surface area (Å²) in [5.74, 6) is 2.27. The molecule has 0 aliphatic heterocycles. The highest BCUT2D eigenvalue weighted by Gasteiger charge is 2.01. The van der Waals surface area contributed by atoms with Crippen molar-refractivity contribution in [2.24, 2.45) is 4.99 Å². The molecule has 0 saturated carbocycles. The molecule has 2 rings (SSSR count). The fourth-order valence-corrected chi connectivity index (χ4v) is 1.89. The molecule has 7 heteroatoms. The summed E-state index contributed by atoms with van der Waals surface area (Å²) >= 11 is 0. The number of hydrogen-bond donors (Lipinski definition) is 2. The van der Waals surface area contributed by atoms with Crippen LogP contribution in [0.2, 0.25) is 0 Å². The molecule has 0 bridgehead atoms. The van der Waals surface area contributed by atoms with E-state index in [1.807, 2.05) is 31.2 Å². The summed E-state index contributed by atoms with van der Waals surface area (Å²) in [7, 11) is 0. The fraction of sp³-hybridized carbons (Fsp3) is 0.412. The van der Waals surface area contributed by atoms with Crippen molar-refractivity contribution in [3.63, 3.8) is 0 Å². The molecule has 2 aromatic heterocycles. The lowest BCUT2D eigenvalue weighted by Crippen LogP contribution is -2.36. The van der Waals surface area contributed by atoms with E-state index >= 15 is 0 Å². The predicted octanol–water partition coefficient (Wildman–Crippen LogP) is 3.34. The SMILES string of the molecule is CCCOc1ccc(CN=C(NCC)NCc2ccco2)cn1.I. The van der Waals surface area contributed by atoms with Crippen LogP contribution < -0.4 is 15.4 Å². The maximum atomic E-state index is 5.47. The van der Waals surface area contributed by atoms with Crippen LogP contribution in [-0.4, -0.2) is 24.1 Å². The Morgan fingerprint density at radius 2 is 2.12 bits per heavy atom. The van der Waals surface area contributed by atoms with Crippen molar-refractivity contribution in [1.82, 2.24) is 15.6 Å². The fourth-order valence-electron chi connectivity index (χ4n) is 1.89. The largest absolute Gasteiger partial charge is 0.478 e. The zero-order valence-corrected chi connectivity index (χ0v) is 16.4. The summed E-state index contributed by atoms with van der Waals surface area (Å²) in [5, 5.41) is 6.44. The minimum absolute atomic E-state index is 0. The molecule has 0 spiro atoms. The molecule has 0 saturated heterocycles. The maximum Gasteiger partial charge on any atom is 0.213 e. The highest BCUT2D eigenvalue weighted by Crippen LogP contribution is 2.08. The third-order valence-corrected chi connectivity index (χ3v) is 3.03. The number of ether oxygens (including phenoxy) is 1. The van der Waals surface area contributed by atoms with Crippen LogP contribution in [0.15, 0.2) is 46.1 Å². The van der Waals surface area contributed by atoms with Gasteiger partial charge in [-0.1, -0.05) is 13.0 Å². The molecular formula is C17H25IN4O2. The molecule has 0 radical (unpaired) electrons. The Morgan fingerprint density at radius 3 is 2.75 bits per heavy atom. The van der Waals surface area contributed by atoms with Gasteiger partial charge in [0, 0.05) is 18.8 Å². The topological polar surface area (TPSA) is 71.7 Å². The molecule has 0 amide bonds. The zero-order valence-electron chi connectivity index (χ0n) is 14.1. The number of aromatic nitrogens is 1. The number of rotatable bonds is 8. The van der Waals surface area contributed by atoms with E-state index in [9.17, 15) is 0 Å². The molecule has 0 aliphatic carbocycles. The van der Waals surface area contributed by atoms with E-state index in [4.69, 9.17) is 9.15 Å². The molecule has 0 aliphatic rings. The van der Waals surface area contributed by atoms with E-state index < -0.39 is 0 Å². The quantitative estimate of drug-likeness (QED) is 0.371. The molecule has 0 aromatic carbocycles. The molecule has 6 nitrogen and oxygen atoms in total. The molecule has 132 valence electrons. The second kappa shape index (κ2) is 11.7. The highest BCUT2D eigenvalue weighted by molar-refractivity contribution is 14.0. The lowest BCUT2D eigenvalue weighted by atomic mass is 10.3. The van der Waals surface area contributed by atoms with Gasteiger partial charge in [0.25, 0.3) is 0 Å². The van der Waals surface area contributed by atoms with Crippen molar-refractivity contribution in [3.8, 4) is 5.88 Å². The van der Waals surface area contributed by atoms with Crippen LogP contribution in [0.5, 0.6) is 5.88 Å². The van der Waals surface area contributed by atoms with Gasteiger partial charge in [-0.15, -0.1) is 24.0 Å². The summed E-state index contributed by atoms with van der Waals surface area (Å²) in [5.41, 5.74) is 1.03. The molecule has 2 aromatic rings. The van der Waals surface area contributed by atoms with E-state index in [2.05, 4.69) is 27.5 Å². The number of nitrogens with one attached hydrogen (secondary N) is 2. The highest BCUT2D eigenvalue weighted by atomic mass is 127. The molecule has 0 unspecified atom stereocenters. The summed E-state index contributed by atoms with van der Waals surface area (Å²) in [6.07, 6.45) is 4.43. The lowest BCUT2D eigenvalue weighted by molar-refractivity contribution is 0.305. The summed E-state index contributed by atoms with van der Waals surface area (Å²) in [4.78, 5) is 8.83. The van der Waals surface area contributed by atoms with Gasteiger partial charge >= 0.3 is 0 Å². The van der Waals surface area contributed by atoms with Crippen LogP contribution in [0.25, 0.3) is 0 Å². The summed E-state index contributed by atoms with van der Waals surface area (Å²) < 4.78 is 10.8. The molecule has 2 heterocycles. The van der Waals surface area contributed by atoms with Crippen molar-refractivity contribution >= 4 is 29.9 Å². The average molecular weight is 444 g/mol. The number of guanidine groups is 1. The first-order valence-electron chi connectivity index (χ1n) is 7.94. The Morgan fingerprint density at radius 1 is 1.25 bits per heavy atom. The van der Waals surface area contributed by atoms with Gasteiger partial charge < -0.3 is 19.8 Å². The summed E-state index contributed by atoms with van der Waals surface area (Å²) in [6.45, 7) is 6.74. The Bertz CT molecular complexity index is 585. The van der Waals surface area contributed by atoms with Crippen LogP contribution >= 0.6 is 24.0 Å². The van der Waals surface area contributed by atoms with Crippen LogP contribution in [-0.2, 0) is 13.1 Å². The monoisotopic (exact) mass is 444 g/mol. The third kappa shape index (κ3) is 7.20. The second-order valence-corrected chi connectivity index (χ2v) is 4.98. The summed E-state index contributed by atoms with van der Waals surface area (Å²) in [6, 6.07) is 7.66. The normalized spacial score (nSPS) is 10.8. The minimum Gasteiger partial charge on any atom is -0.478 e. The van der Waals surface area contributed by atoms with E-state index in [0.717, 1.165) is 30.2 Å². The van der Waals surface area contributed by atoms with Crippen LogP contribution in [0, 0.1) is 0 Å². The predicted molar refractivity (Wildman–Crippen MR) is 106 cm³/mol. The van der Waals surface area contributed by atoms with E-state index in [-0.39, 0.29) is 24.0 Å². The lowest BCUT2D eigenvalue weighted by Gasteiger charge is -2.10. The van der Waals surface area contributed by atoms with Crippen LogP contribution in [0.4, 0.5) is 0 Å². The number of pyridine rings is 1. The number of hydrogen-bond acceptors (Lipinski definition) is 4. The average Bonchev–Trinajstić information content (AvgIpc) is 3.10. The maximum absolute atomic E-state index is 5.47. The molecule has 0 fully saturated rings. The van der Waals surface area contributed by atoms with Crippen molar-refractivity contribution in [2.75, 3.05) is 13.2 Å². The van der Waals surface area contributed by atoms with Crippen LogP contribution in [0.1, 0.15) is 31.6 Å². The van der Waals surface area contributed by atoms with Crippen LogP contribution in [0.3, 0.4) is 0 Å². The van der Waals surface area contributed by atoms with Crippen molar-refractivity contribution in [3.05, 3.63) is 48.0 Å². The van der Waals surface area contributed by atoms with Gasteiger partial charge in [-0.25, -0.2) is 9.98 Å². The van der Waals surface area contributed by atoms with E-state index in [1.54, 1.807) is 12.5 Å².